The van der Waals surface area contributed by atoms with E-state index in [4.69, 9.17) is 4.74 Å². The molecule has 0 bridgehead atoms. The van der Waals surface area contributed by atoms with Crippen LogP contribution in [0, 0.1) is 5.92 Å². The number of amides is 1. The zero-order valence-electron chi connectivity index (χ0n) is 14.4. The van der Waals surface area contributed by atoms with E-state index in [-0.39, 0.29) is 18.3 Å². The van der Waals surface area contributed by atoms with Crippen LogP contribution in [0.15, 0.2) is 24.3 Å². The normalized spacial score (nSPS) is 19.6. The Balaban J connectivity index is 0.00000208. The van der Waals surface area contributed by atoms with Gasteiger partial charge in [-0.25, -0.2) is 0 Å². The average molecular weight is 354 g/mol. The fourth-order valence-electron chi connectivity index (χ4n) is 3.48. The van der Waals surface area contributed by atoms with Gasteiger partial charge in [-0.3, -0.25) is 9.69 Å². The van der Waals surface area contributed by atoms with Crippen LogP contribution in [0.3, 0.4) is 0 Å². The standard InChI is InChI=1S/C18H27N3O2.ClH/c1-23-17-4-2-16(3-5-17)18(22)21-12-10-20(11-13-21)14-15-6-8-19-9-7-15;/h2-5,15,19H,6-14H2,1H3;1H. The Kier molecular flexibility index (Phi) is 7.34. The molecule has 0 radical (unpaired) electrons. The van der Waals surface area contributed by atoms with Crippen LogP contribution in [0.2, 0.25) is 0 Å². The van der Waals surface area contributed by atoms with Gasteiger partial charge in [0.25, 0.3) is 5.91 Å². The molecule has 1 aromatic rings. The number of piperazine rings is 1. The van der Waals surface area contributed by atoms with E-state index in [0.717, 1.165) is 56.5 Å². The highest BCUT2D eigenvalue weighted by molar-refractivity contribution is 5.94. The Bertz CT molecular complexity index is 510. The molecule has 1 amide bonds. The summed E-state index contributed by atoms with van der Waals surface area (Å²) in [5.41, 5.74) is 0.748. The molecule has 2 heterocycles. The van der Waals surface area contributed by atoms with Gasteiger partial charge >= 0.3 is 0 Å². The number of carbonyl (C=O) groups excluding carboxylic acids is 1. The van der Waals surface area contributed by atoms with Crippen LogP contribution >= 0.6 is 12.4 Å². The maximum Gasteiger partial charge on any atom is 0.253 e. The van der Waals surface area contributed by atoms with E-state index in [1.54, 1.807) is 7.11 Å². The third-order valence-corrected chi connectivity index (χ3v) is 4.97. The van der Waals surface area contributed by atoms with Gasteiger partial charge in [0.05, 0.1) is 7.11 Å². The first-order valence-electron chi connectivity index (χ1n) is 8.62. The summed E-state index contributed by atoms with van der Waals surface area (Å²) < 4.78 is 5.14. The largest absolute Gasteiger partial charge is 0.497 e. The fraction of sp³-hybridized carbons (Fsp3) is 0.611. The minimum absolute atomic E-state index is 0. The van der Waals surface area contributed by atoms with E-state index < -0.39 is 0 Å². The SMILES string of the molecule is COc1ccc(C(=O)N2CCN(CC3CCNCC3)CC2)cc1.Cl. The van der Waals surface area contributed by atoms with Crippen LogP contribution in [0.25, 0.3) is 0 Å². The van der Waals surface area contributed by atoms with E-state index >= 15 is 0 Å². The Hall–Kier alpha value is -1.30. The molecule has 2 aliphatic heterocycles. The average Bonchev–Trinajstić information content (AvgIpc) is 2.63. The molecule has 2 fully saturated rings. The molecule has 0 aromatic heterocycles. The molecule has 2 aliphatic rings. The van der Waals surface area contributed by atoms with Gasteiger partial charge in [-0.05, 0) is 56.1 Å². The summed E-state index contributed by atoms with van der Waals surface area (Å²) >= 11 is 0. The number of hydrogen-bond donors (Lipinski definition) is 1. The molecule has 134 valence electrons. The van der Waals surface area contributed by atoms with Crippen LogP contribution in [-0.2, 0) is 0 Å². The van der Waals surface area contributed by atoms with E-state index in [0.29, 0.717) is 0 Å². The van der Waals surface area contributed by atoms with Gasteiger partial charge in [0.2, 0.25) is 0 Å². The number of piperidine rings is 1. The molecule has 1 aromatic carbocycles. The van der Waals surface area contributed by atoms with Crippen molar-refractivity contribution in [2.24, 2.45) is 5.92 Å². The number of rotatable bonds is 4. The molecule has 0 aliphatic carbocycles. The molecule has 6 heteroatoms. The van der Waals surface area contributed by atoms with Crippen LogP contribution in [0.1, 0.15) is 23.2 Å². The van der Waals surface area contributed by atoms with Gasteiger partial charge in [-0.15, -0.1) is 12.4 Å². The molecule has 2 saturated heterocycles. The quantitative estimate of drug-likeness (QED) is 0.897. The second-order valence-corrected chi connectivity index (χ2v) is 6.51. The Morgan fingerprint density at radius 2 is 1.75 bits per heavy atom. The second-order valence-electron chi connectivity index (χ2n) is 6.51. The number of methoxy groups -OCH3 is 1. The van der Waals surface area contributed by atoms with Crippen molar-refractivity contribution in [3.05, 3.63) is 29.8 Å². The zero-order valence-corrected chi connectivity index (χ0v) is 15.2. The number of halogens is 1. The van der Waals surface area contributed by atoms with E-state index in [1.165, 1.54) is 19.4 Å². The molecule has 24 heavy (non-hydrogen) atoms. The van der Waals surface area contributed by atoms with Gasteiger partial charge in [0, 0.05) is 38.3 Å². The molecule has 0 unspecified atom stereocenters. The van der Waals surface area contributed by atoms with Gasteiger partial charge < -0.3 is 15.0 Å². The Morgan fingerprint density at radius 3 is 2.33 bits per heavy atom. The minimum atomic E-state index is 0. The van der Waals surface area contributed by atoms with Crippen molar-refractivity contribution in [2.45, 2.75) is 12.8 Å². The summed E-state index contributed by atoms with van der Waals surface area (Å²) in [6, 6.07) is 7.40. The minimum Gasteiger partial charge on any atom is -0.497 e. The lowest BCUT2D eigenvalue weighted by atomic mass is 9.97. The van der Waals surface area contributed by atoms with Crippen molar-refractivity contribution in [1.29, 1.82) is 0 Å². The Morgan fingerprint density at radius 1 is 1.12 bits per heavy atom. The van der Waals surface area contributed by atoms with Crippen molar-refractivity contribution >= 4 is 18.3 Å². The third kappa shape index (κ3) is 4.85. The lowest BCUT2D eigenvalue weighted by Gasteiger charge is -2.37. The summed E-state index contributed by atoms with van der Waals surface area (Å²) in [6.07, 6.45) is 2.57. The van der Waals surface area contributed by atoms with Crippen molar-refractivity contribution < 1.29 is 9.53 Å². The van der Waals surface area contributed by atoms with Crippen molar-refractivity contribution in [2.75, 3.05) is 52.9 Å². The zero-order chi connectivity index (χ0) is 16.1. The molecular weight excluding hydrogens is 326 g/mol. The lowest BCUT2D eigenvalue weighted by Crippen LogP contribution is -2.50. The first kappa shape index (κ1) is 19.0. The molecule has 0 atom stereocenters. The van der Waals surface area contributed by atoms with E-state index in [2.05, 4.69) is 10.2 Å². The number of ether oxygens (including phenoxy) is 1. The maximum absolute atomic E-state index is 12.6. The second kappa shape index (κ2) is 9.25. The lowest BCUT2D eigenvalue weighted by molar-refractivity contribution is 0.0608. The van der Waals surface area contributed by atoms with E-state index in [1.807, 2.05) is 29.2 Å². The predicted molar refractivity (Wildman–Crippen MR) is 98.2 cm³/mol. The highest BCUT2D eigenvalue weighted by Crippen LogP contribution is 2.17. The summed E-state index contributed by atoms with van der Waals surface area (Å²) in [7, 11) is 1.64. The number of benzene rings is 1. The number of carbonyl (C=O) groups is 1. The third-order valence-electron chi connectivity index (χ3n) is 4.97. The summed E-state index contributed by atoms with van der Waals surface area (Å²) in [4.78, 5) is 17.0. The highest BCUT2D eigenvalue weighted by atomic mass is 35.5. The number of nitrogens with one attached hydrogen (secondary N) is 1. The molecule has 5 nitrogen and oxygen atoms in total. The summed E-state index contributed by atoms with van der Waals surface area (Å²) in [6.45, 7) is 7.14. The van der Waals surface area contributed by atoms with Crippen LogP contribution in [0.5, 0.6) is 5.75 Å². The van der Waals surface area contributed by atoms with Crippen molar-refractivity contribution in [3.8, 4) is 5.75 Å². The van der Waals surface area contributed by atoms with Crippen molar-refractivity contribution in [1.82, 2.24) is 15.1 Å². The monoisotopic (exact) mass is 353 g/mol. The van der Waals surface area contributed by atoms with Gasteiger partial charge in [0.1, 0.15) is 5.75 Å². The summed E-state index contributed by atoms with van der Waals surface area (Å²) in [5.74, 6) is 1.74. The van der Waals surface area contributed by atoms with E-state index in [9.17, 15) is 4.79 Å². The highest BCUT2D eigenvalue weighted by Gasteiger charge is 2.24. The first-order valence-corrected chi connectivity index (χ1v) is 8.62. The van der Waals surface area contributed by atoms with Crippen LogP contribution in [-0.4, -0.2) is 68.6 Å². The number of nitrogens with zero attached hydrogens (tertiary/aromatic N) is 2. The van der Waals surface area contributed by atoms with Crippen molar-refractivity contribution in [3.63, 3.8) is 0 Å². The smallest absolute Gasteiger partial charge is 0.253 e. The molecular formula is C18H28ClN3O2. The maximum atomic E-state index is 12.6. The van der Waals surface area contributed by atoms with Gasteiger partial charge in [0.15, 0.2) is 0 Å². The van der Waals surface area contributed by atoms with Gasteiger partial charge in [-0.2, -0.15) is 0 Å². The first-order chi connectivity index (χ1) is 11.3. The topological polar surface area (TPSA) is 44.8 Å². The Labute approximate surface area is 150 Å². The summed E-state index contributed by atoms with van der Waals surface area (Å²) in [5, 5.41) is 3.42. The number of hydrogen-bond acceptors (Lipinski definition) is 4. The molecule has 1 N–H and O–H groups in total. The predicted octanol–water partition coefficient (Wildman–Crippen LogP) is 1.87. The molecule has 0 saturated carbocycles. The fourth-order valence-corrected chi connectivity index (χ4v) is 3.48. The van der Waals surface area contributed by atoms with Crippen LogP contribution in [0.4, 0.5) is 0 Å². The molecule has 0 spiro atoms. The molecule has 3 rings (SSSR count). The van der Waals surface area contributed by atoms with Gasteiger partial charge in [-0.1, -0.05) is 0 Å². The van der Waals surface area contributed by atoms with Crippen LogP contribution < -0.4 is 10.1 Å².